The summed E-state index contributed by atoms with van der Waals surface area (Å²) >= 11 is 1.66. The van der Waals surface area contributed by atoms with Crippen molar-refractivity contribution in [2.75, 3.05) is 32.1 Å². The molecule has 3 rings (SSSR count). The van der Waals surface area contributed by atoms with Crippen molar-refractivity contribution in [2.45, 2.75) is 9.79 Å². The molecule has 3 heterocycles. The number of hydrogen-bond acceptors (Lipinski definition) is 7. The van der Waals surface area contributed by atoms with Crippen LogP contribution in [-0.4, -0.2) is 52.5 Å². The number of aromatic nitrogens is 4. The molecule has 0 spiro atoms. The van der Waals surface area contributed by atoms with Gasteiger partial charge in [-0.05, 0) is 14.1 Å². The molecule has 0 amide bonds. The molecule has 19 heavy (non-hydrogen) atoms. The lowest BCUT2D eigenvalue weighted by molar-refractivity contribution is 0.418. The Kier molecular flexibility index (Phi) is 3.31. The fourth-order valence-corrected chi connectivity index (χ4v) is 2.93. The summed E-state index contributed by atoms with van der Waals surface area (Å²) in [6, 6.07) is 0. The largest absolute Gasteiger partial charge is 0.336 e. The summed E-state index contributed by atoms with van der Waals surface area (Å²) in [5.41, 5.74) is 2.17. The zero-order valence-corrected chi connectivity index (χ0v) is 11.6. The number of fused-ring (bicyclic) bond motifs is 2. The molecule has 0 saturated heterocycles. The Morgan fingerprint density at radius 3 is 2.00 bits per heavy atom. The second kappa shape index (κ2) is 5.10. The Morgan fingerprint density at radius 2 is 1.47 bits per heavy atom. The van der Waals surface area contributed by atoms with E-state index < -0.39 is 0 Å². The van der Waals surface area contributed by atoms with Crippen molar-refractivity contribution in [1.29, 1.82) is 0 Å². The van der Waals surface area contributed by atoms with Gasteiger partial charge in [0.15, 0.2) is 0 Å². The van der Waals surface area contributed by atoms with Crippen LogP contribution in [0.1, 0.15) is 0 Å². The van der Waals surface area contributed by atoms with E-state index in [4.69, 9.17) is 0 Å². The number of hydrogen-bond donors (Lipinski definition) is 0. The van der Waals surface area contributed by atoms with Crippen LogP contribution >= 0.6 is 11.8 Å². The van der Waals surface area contributed by atoms with Crippen molar-refractivity contribution < 1.29 is 0 Å². The molecule has 0 unspecified atom stereocenters. The van der Waals surface area contributed by atoms with Crippen LogP contribution in [0.5, 0.6) is 0 Å². The normalized spacial score (nSPS) is 13.3. The zero-order chi connectivity index (χ0) is 13.2. The molecule has 0 N–H and O–H groups in total. The quantitative estimate of drug-likeness (QED) is 0.839. The predicted molar refractivity (Wildman–Crippen MR) is 73.7 cm³/mol. The van der Waals surface area contributed by atoms with Gasteiger partial charge in [-0.3, -0.25) is 0 Å². The molecule has 0 atom stereocenters. The van der Waals surface area contributed by atoms with Crippen molar-refractivity contribution in [3.63, 3.8) is 0 Å². The molecule has 2 aromatic rings. The Labute approximate surface area is 115 Å². The summed E-state index contributed by atoms with van der Waals surface area (Å²) in [5, 5.41) is 15.9. The minimum Gasteiger partial charge on any atom is -0.336 e. The lowest BCUT2D eigenvalue weighted by Gasteiger charge is -2.31. The maximum atomic E-state index is 3.99. The molecular formula is C12H14N6S. The summed E-state index contributed by atoms with van der Waals surface area (Å²) < 4.78 is 0. The summed E-state index contributed by atoms with van der Waals surface area (Å²) in [4.78, 5) is 6.60. The van der Waals surface area contributed by atoms with Gasteiger partial charge in [-0.25, -0.2) is 0 Å². The lowest BCUT2D eigenvalue weighted by Crippen LogP contribution is -2.30. The third-order valence-electron chi connectivity index (χ3n) is 2.92. The van der Waals surface area contributed by atoms with Crippen LogP contribution in [0, 0.1) is 0 Å². The summed E-state index contributed by atoms with van der Waals surface area (Å²) in [6.07, 6.45) is 7.21. The van der Waals surface area contributed by atoms with Crippen LogP contribution in [-0.2, 0) is 0 Å². The highest BCUT2D eigenvalue weighted by Crippen LogP contribution is 2.46. The molecule has 7 heteroatoms. The highest BCUT2D eigenvalue weighted by atomic mass is 32.2. The van der Waals surface area contributed by atoms with Gasteiger partial charge in [0.2, 0.25) is 0 Å². The van der Waals surface area contributed by atoms with Crippen LogP contribution in [0.2, 0.25) is 0 Å². The van der Waals surface area contributed by atoms with E-state index in [2.05, 4.69) is 44.3 Å². The molecule has 2 aromatic heterocycles. The summed E-state index contributed by atoms with van der Waals surface area (Å²) in [6.45, 7) is 1.83. The fraction of sp³-hybridized carbons (Fsp3) is 0.333. The van der Waals surface area contributed by atoms with Crippen LogP contribution in [0.4, 0.5) is 11.4 Å². The molecule has 98 valence electrons. The van der Waals surface area contributed by atoms with E-state index in [9.17, 15) is 0 Å². The SMILES string of the molecule is CN(C)CCN1c2cnncc2Sc2cnncc21. The van der Waals surface area contributed by atoms with Crippen LogP contribution in [0.3, 0.4) is 0 Å². The van der Waals surface area contributed by atoms with Crippen LogP contribution < -0.4 is 4.90 Å². The third-order valence-corrected chi connectivity index (χ3v) is 3.99. The third kappa shape index (κ3) is 2.39. The first-order chi connectivity index (χ1) is 9.25. The Morgan fingerprint density at radius 1 is 0.947 bits per heavy atom. The molecule has 0 aliphatic carbocycles. The van der Waals surface area contributed by atoms with Gasteiger partial charge in [0.05, 0.1) is 46.0 Å². The standard InChI is InChI=1S/C12H14N6S/c1-17(2)3-4-18-9-5-13-15-7-11(9)19-12-8-16-14-6-10(12)18/h5-8H,3-4H2,1-2H3. The average molecular weight is 274 g/mol. The number of rotatable bonds is 3. The monoisotopic (exact) mass is 274 g/mol. The van der Waals surface area contributed by atoms with Gasteiger partial charge in [0.25, 0.3) is 0 Å². The van der Waals surface area contributed by atoms with Crippen molar-refractivity contribution in [1.82, 2.24) is 25.3 Å². The van der Waals surface area contributed by atoms with Gasteiger partial charge in [0, 0.05) is 13.1 Å². The molecule has 1 aliphatic heterocycles. The van der Waals surface area contributed by atoms with Gasteiger partial charge < -0.3 is 9.80 Å². The summed E-state index contributed by atoms with van der Waals surface area (Å²) in [5.74, 6) is 0. The van der Waals surface area contributed by atoms with Gasteiger partial charge in [-0.15, -0.1) is 0 Å². The number of anilines is 2. The van der Waals surface area contributed by atoms with Crippen molar-refractivity contribution in [3.05, 3.63) is 24.8 Å². The highest BCUT2D eigenvalue weighted by Gasteiger charge is 2.24. The van der Waals surface area contributed by atoms with E-state index in [1.807, 2.05) is 0 Å². The molecule has 1 aliphatic rings. The van der Waals surface area contributed by atoms with E-state index in [-0.39, 0.29) is 0 Å². The van der Waals surface area contributed by atoms with Gasteiger partial charge >= 0.3 is 0 Å². The topological polar surface area (TPSA) is 58.0 Å². The van der Waals surface area contributed by atoms with E-state index in [1.54, 1.807) is 36.5 Å². The molecule has 0 saturated carbocycles. The van der Waals surface area contributed by atoms with Crippen LogP contribution in [0.15, 0.2) is 34.6 Å². The van der Waals surface area contributed by atoms with Crippen molar-refractivity contribution >= 4 is 23.1 Å². The maximum absolute atomic E-state index is 3.99. The average Bonchev–Trinajstić information content (AvgIpc) is 2.43. The van der Waals surface area contributed by atoms with Gasteiger partial charge in [0.1, 0.15) is 0 Å². The molecule has 0 fully saturated rings. The van der Waals surface area contributed by atoms with E-state index in [0.717, 1.165) is 34.3 Å². The zero-order valence-electron chi connectivity index (χ0n) is 10.8. The second-order valence-electron chi connectivity index (χ2n) is 4.53. The smallest absolute Gasteiger partial charge is 0.0775 e. The molecule has 0 bridgehead atoms. The molecule has 6 nitrogen and oxygen atoms in total. The Bertz CT molecular complexity index is 542. The summed E-state index contributed by atoms with van der Waals surface area (Å²) in [7, 11) is 4.13. The van der Waals surface area contributed by atoms with E-state index >= 15 is 0 Å². The van der Waals surface area contributed by atoms with E-state index in [1.165, 1.54) is 0 Å². The minimum absolute atomic E-state index is 0.880. The first-order valence-electron chi connectivity index (χ1n) is 5.97. The minimum atomic E-state index is 0.880. The first kappa shape index (κ1) is 12.3. The van der Waals surface area contributed by atoms with Crippen molar-refractivity contribution in [3.8, 4) is 0 Å². The molecular weight excluding hydrogens is 260 g/mol. The van der Waals surface area contributed by atoms with E-state index in [0.29, 0.717) is 0 Å². The molecule has 0 radical (unpaired) electrons. The number of nitrogens with zero attached hydrogens (tertiary/aromatic N) is 6. The van der Waals surface area contributed by atoms with Gasteiger partial charge in [-0.1, -0.05) is 11.8 Å². The first-order valence-corrected chi connectivity index (χ1v) is 6.79. The highest BCUT2D eigenvalue weighted by molar-refractivity contribution is 7.99. The predicted octanol–water partition coefficient (Wildman–Crippen LogP) is 1.43. The lowest BCUT2D eigenvalue weighted by atomic mass is 10.3. The number of likely N-dealkylation sites (N-methyl/N-ethyl adjacent to an activating group) is 1. The van der Waals surface area contributed by atoms with Crippen molar-refractivity contribution in [2.24, 2.45) is 0 Å². The maximum Gasteiger partial charge on any atom is 0.0775 e. The van der Waals surface area contributed by atoms with Gasteiger partial charge in [-0.2, -0.15) is 20.4 Å². The fourth-order valence-electron chi connectivity index (χ4n) is 1.96. The van der Waals surface area contributed by atoms with Crippen LogP contribution in [0.25, 0.3) is 0 Å². The Balaban J connectivity index is 2.01. The Hall–Kier alpha value is -1.73. The molecule has 0 aromatic carbocycles. The second-order valence-corrected chi connectivity index (χ2v) is 5.62.